The van der Waals surface area contributed by atoms with Gasteiger partial charge >= 0.3 is 0 Å². The van der Waals surface area contributed by atoms with Crippen molar-refractivity contribution in [2.75, 3.05) is 0 Å². The zero-order chi connectivity index (χ0) is 10.6. The van der Waals surface area contributed by atoms with E-state index in [4.69, 9.17) is 5.11 Å². The van der Waals surface area contributed by atoms with Crippen molar-refractivity contribution in [1.82, 2.24) is 18.5 Å². The molecule has 0 aromatic carbocycles. The lowest BCUT2D eigenvalue weighted by molar-refractivity contribution is -0.339. The maximum atomic E-state index is 10.1. The zero-order valence-electron chi connectivity index (χ0n) is 11.8. The highest BCUT2D eigenvalue weighted by atomic mass is 16.4. The van der Waals surface area contributed by atoms with Crippen LogP contribution in [0.4, 0.5) is 0 Å². The van der Waals surface area contributed by atoms with E-state index in [1.165, 1.54) is 0 Å². The quantitative estimate of drug-likeness (QED) is 0.375. The van der Waals surface area contributed by atoms with E-state index >= 15 is 0 Å². The van der Waals surface area contributed by atoms with Crippen molar-refractivity contribution in [1.29, 1.82) is 0 Å². The number of rotatable bonds is 5. The Balaban J connectivity index is -0.0000000257. The fraction of sp³-hybridized carbons (Fsp3) is 0.500. The van der Waals surface area contributed by atoms with Crippen LogP contribution in [0.3, 0.4) is 0 Å². The van der Waals surface area contributed by atoms with E-state index in [2.05, 4.69) is 0 Å². The summed E-state index contributed by atoms with van der Waals surface area (Å²) < 4.78 is 0. The van der Waals surface area contributed by atoms with Crippen LogP contribution in [0, 0.1) is 0 Å². The maximum absolute atomic E-state index is 10.1. The third kappa shape index (κ3) is 23.6. The van der Waals surface area contributed by atoms with Gasteiger partial charge in [-0.2, -0.15) is 0 Å². The fourth-order valence-corrected chi connectivity index (χ4v) is 0.684. The van der Waals surface area contributed by atoms with E-state index in [1.54, 1.807) is 0 Å². The Bertz CT molecular complexity index is 243. The Morgan fingerprint density at radius 3 is 1.00 bits per heavy atom. The minimum atomic E-state index is -2.97. The number of aliphatic carboxylic acids is 3. The van der Waals surface area contributed by atoms with Crippen LogP contribution in [0.2, 0.25) is 0 Å². The lowest BCUT2D eigenvalue weighted by Crippen LogP contribution is -2.54. The number of carbonyl (C=O) groups is 3. The van der Waals surface area contributed by atoms with Crippen molar-refractivity contribution in [3.63, 3.8) is 0 Å². The smallest absolute Gasteiger partial charge is 0.114 e. The van der Waals surface area contributed by atoms with E-state index < -0.39 is 36.4 Å². The van der Waals surface area contributed by atoms with Gasteiger partial charge in [0.2, 0.25) is 0 Å². The number of hydrogen-bond acceptors (Lipinski definition) is 7. The lowest BCUT2D eigenvalue weighted by Gasteiger charge is -2.29. The highest BCUT2D eigenvalue weighted by Gasteiger charge is 2.29. The average molecular weight is 333 g/mol. The second kappa shape index (κ2) is 23.2. The van der Waals surface area contributed by atoms with Crippen LogP contribution in [0.25, 0.3) is 0 Å². The molecule has 0 aromatic heterocycles. The van der Waals surface area contributed by atoms with Crippen LogP contribution >= 0.6 is 0 Å². The van der Waals surface area contributed by atoms with E-state index in [0.29, 0.717) is 0 Å². The molecule has 0 unspecified atom stereocenters. The molecule has 0 heterocycles. The van der Waals surface area contributed by atoms with Crippen molar-refractivity contribution in [2.45, 2.75) is 18.4 Å². The summed E-state index contributed by atoms with van der Waals surface area (Å²) in [5, 5.41) is 38.9. The Labute approximate surface area is 118 Å². The second-order valence-corrected chi connectivity index (χ2v) is 2.42. The molecule has 0 aliphatic rings. The van der Waals surface area contributed by atoms with Crippen LogP contribution in [-0.4, -0.2) is 56.0 Å². The van der Waals surface area contributed by atoms with E-state index in [0.717, 1.165) is 0 Å². The molecule has 0 saturated carbocycles. The fourth-order valence-electron chi connectivity index (χ4n) is 0.684. The van der Waals surface area contributed by atoms with Crippen molar-refractivity contribution >= 4 is 17.9 Å². The highest BCUT2D eigenvalue weighted by Crippen LogP contribution is 2.13. The monoisotopic (exact) mass is 333 g/mol. The summed E-state index contributed by atoms with van der Waals surface area (Å²) in [4.78, 5) is 30.0. The molecule has 0 aromatic rings. The SMILES string of the molecule is O.O.O.O.O.O=C([O-])CC(O)(CC(=O)[O-])C(=O)[O-].[NH4+].[NH4+].[NH4+]. The van der Waals surface area contributed by atoms with Crippen LogP contribution in [0.1, 0.15) is 12.8 Å². The number of carboxylic acid groups (broad SMARTS) is 3. The third-order valence-corrected chi connectivity index (χ3v) is 1.25. The molecule has 15 heteroatoms. The minimum absolute atomic E-state index is 0. The van der Waals surface area contributed by atoms with E-state index in [9.17, 15) is 29.7 Å². The highest BCUT2D eigenvalue weighted by molar-refractivity contribution is 5.86. The van der Waals surface area contributed by atoms with Gasteiger partial charge in [-0.15, -0.1) is 0 Å². The van der Waals surface area contributed by atoms with Gasteiger partial charge in [0.1, 0.15) is 5.60 Å². The molecular formula is C6H27N3O12. The summed E-state index contributed by atoms with van der Waals surface area (Å²) in [6, 6.07) is 0. The Morgan fingerprint density at radius 2 is 0.905 bits per heavy atom. The maximum Gasteiger partial charge on any atom is 0.114 e. The van der Waals surface area contributed by atoms with Gasteiger partial charge in [0.15, 0.2) is 0 Å². The van der Waals surface area contributed by atoms with Crippen molar-refractivity contribution in [3.05, 3.63) is 0 Å². The summed E-state index contributed by atoms with van der Waals surface area (Å²) in [6.07, 6.45) is -2.72. The van der Waals surface area contributed by atoms with Gasteiger partial charge < -0.3 is 80.6 Å². The normalized spacial score (nSPS) is 6.71. The lowest BCUT2D eigenvalue weighted by atomic mass is 9.96. The molecule has 0 radical (unpaired) electrons. The van der Waals surface area contributed by atoms with Gasteiger partial charge in [-0.1, -0.05) is 0 Å². The number of carboxylic acids is 3. The van der Waals surface area contributed by atoms with Crippen LogP contribution in [0.5, 0.6) is 0 Å². The van der Waals surface area contributed by atoms with Gasteiger partial charge in [0, 0.05) is 24.8 Å². The minimum Gasteiger partial charge on any atom is -0.550 e. The summed E-state index contributed by atoms with van der Waals surface area (Å²) in [6.45, 7) is 0. The number of quaternary nitrogens is 3. The second-order valence-electron chi connectivity index (χ2n) is 2.42. The summed E-state index contributed by atoms with van der Waals surface area (Å²) in [7, 11) is 0. The molecule has 138 valence electrons. The van der Waals surface area contributed by atoms with Gasteiger partial charge in [0.25, 0.3) is 0 Å². The summed E-state index contributed by atoms with van der Waals surface area (Å²) in [5.41, 5.74) is -2.97. The molecule has 0 rings (SSSR count). The first-order valence-corrected chi connectivity index (χ1v) is 3.11. The first-order valence-electron chi connectivity index (χ1n) is 3.11. The molecule has 0 saturated heterocycles. The predicted octanol–water partition coefficient (Wildman–Crippen LogP) is -8.25. The number of aliphatic hydroxyl groups is 1. The van der Waals surface area contributed by atoms with Gasteiger partial charge in [0.05, 0.1) is 5.97 Å². The zero-order valence-corrected chi connectivity index (χ0v) is 11.8. The van der Waals surface area contributed by atoms with Gasteiger partial charge in [-0.25, -0.2) is 0 Å². The first-order chi connectivity index (χ1) is 5.78. The Hall–Kier alpha value is -1.95. The van der Waals surface area contributed by atoms with Crippen LogP contribution in [-0.2, 0) is 14.4 Å². The van der Waals surface area contributed by atoms with Crippen molar-refractivity contribution in [2.24, 2.45) is 0 Å². The largest absolute Gasteiger partial charge is 0.550 e. The molecule has 0 atom stereocenters. The van der Waals surface area contributed by atoms with Gasteiger partial charge in [-0.3, -0.25) is 0 Å². The van der Waals surface area contributed by atoms with Crippen LogP contribution < -0.4 is 33.8 Å². The molecule has 0 fully saturated rings. The molecule has 0 bridgehead atoms. The Morgan fingerprint density at radius 1 is 0.714 bits per heavy atom. The molecule has 0 aliphatic heterocycles. The summed E-state index contributed by atoms with van der Waals surface area (Å²) >= 11 is 0. The van der Waals surface area contributed by atoms with Crippen molar-refractivity contribution in [3.8, 4) is 0 Å². The third-order valence-electron chi connectivity index (χ3n) is 1.25. The molecule has 0 aliphatic carbocycles. The molecule has 0 amide bonds. The molecule has 0 spiro atoms. The predicted molar refractivity (Wildman–Crippen MR) is 65.2 cm³/mol. The van der Waals surface area contributed by atoms with Crippen molar-refractivity contribution < 1.29 is 62.2 Å². The van der Waals surface area contributed by atoms with E-state index in [-0.39, 0.29) is 45.8 Å². The molecular weight excluding hydrogens is 306 g/mol. The number of hydrogen-bond donors (Lipinski definition) is 4. The molecule has 21 heavy (non-hydrogen) atoms. The first kappa shape index (κ1) is 61.4. The number of carbonyl (C=O) groups excluding carboxylic acids is 3. The molecule has 23 N–H and O–H groups in total. The standard InChI is InChI=1S/C6H8O7.3H3N.5H2O/c7-3(8)1-6(13,5(11)12)2-4(9)10;;;;;;;;/h13H,1-2H2,(H,7,8)(H,9,10)(H,11,12);3*1H3;5*1H2. The van der Waals surface area contributed by atoms with Gasteiger partial charge in [-0.05, 0) is 0 Å². The Kier molecular flexibility index (Phi) is 67.8. The van der Waals surface area contributed by atoms with Crippen LogP contribution in [0.15, 0.2) is 0 Å². The topological polar surface area (TPSA) is 408 Å². The van der Waals surface area contributed by atoms with E-state index in [1.807, 2.05) is 0 Å². The summed E-state index contributed by atoms with van der Waals surface area (Å²) in [5.74, 6) is -5.98. The average Bonchev–Trinajstić information content (AvgIpc) is 1.82. The molecule has 15 nitrogen and oxygen atoms in total.